The van der Waals surface area contributed by atoms with Gasteiger partial charge in [0.25, 0.3) is 0 Å². The number of ether oxygens (including phenoxy) is 6. The predicted octanol–water partition coefficient (Wildman–Crippen LogP) is 7.15. The molecule has 4 aliphatic carbocycles. The molecule has 0 spiro atoms. The largest absolute Gasteiger partial charge is 0.390 e. The molecule has 2 aromatic rings. The maximum atomic E-state index is 17.7. The Morgan fingerprint density at radius 2 is 1.57 bits per heavy atom. The van der Waals surface area contributed by atoms with Gasteiger partial charge < -0.3 is 38.6 Å². The summed E-state index contributed by atoms with van der Waals surface area (Å²) in [7, 11) is 0. The smallest absolute Gasteiger partial charge is 0.193 e. The van der Waals surface area contributed by atoms with Crippen molar-refractivity contribution in [3.63, 3.8) is 0 Å². The lowest BCUT2D eigenvalue weighted by Gasteiger charge is -2.63. The molecule has 0 aromatic heterocycles. The van der Waals surface area contributed by atoms with Gasteiger partial charge in [-0.15, -0.1) is 0 Å². The van der Waals surface area contributed by atoms with Crippen molar-refractivity contribution in [1.82, 2.24) is 0 Å². The number of aliphatic hydroxyl groups excluding tert-OH is 2. The van der Waals surface area contributed by atoms with E-state index in [1.165, 1.54) is 30.8 Å². The van der Waals surface area contributed by atoms with Crippen molar-refractivity contribution in [3.05, 3.63) is 83.5 Å². The van der Waals surface area contributed by atoms with Gasteiger partial charge in [0.05, 0.1) is 63.7 Å². The highest BCUT2D eigenvalue weighted by Crippen LogP contribution is 2.72. The Morgan fingerprint density at radius 1 is 0.896 bits per heavy atom. The summed E-state index contributed by atoms with van der Waals surface area (Å²) in [5.74, 6) is -2.43. The molecule has 4 fully saturated rings. The highest BCUT2D eigenvalue weighted by Gasteiger charge is 2.80. The van der Waals surface area contributed by atoms with Crippen LogP contribution in [0.3, 0.4) is 0 Å². The van der Waals surface area contributed by atoms with Crippen LogP contribution in [-0.2, 0) is 54.0 Å². The summed E-state index contributed by atoms with van der Waals surface area (Å²) in [6.45, 7) is 7.71. The molecule has 2 N–H and O–H groups in total. The van der Waals surface area contributed by atoms with E-state index in [9.17, 15) is 29.4 Å². The van der Waals surface area contributed by atoms with Crippen molar-refractivity contribution in [1.29, 1.82) is 0 Å². The van der Waals surface area contributed by atoms with Crippen LogP contribution in [0.25, 0.3) is 0 Å². The topological polar surface area (TPSA) is 164 Å². The SMILES string of the molecule is CSC(C)C(=O)CCCOCCOCCOCCOCCC(=O)Cc1cccc(Sc2ccc([C@@H]3O[C@@H]4C[C@H]5[C@@H]6C[C@H](F)C7=CC(=O)C=C[C@]7(C)[C@@]6(F)[C@@H](O)C[C@]5(C)[C@]4(C(=O)CO)O3)cc2)c1. The van der Waals surface area contributed by atoms with Crippen molar-refractivity contribution >= 4 is 46.7 Å². The Labute approximate surface area is 400 Å². The number of alkyl halides is 2. The molecule has 1 heterocycles. The summed E-state index contributed by atoms with van der Waals surface area (Å²) in [4.78, 5) is 52.6. The second-order valence-electron chi connectivity index (χ2n) is 18.7. The molecule has 0 radical (unpaired) electrons. The third-order valence-corrected chi connectivity index (χ3v) is 16.7. The van der Waals surface area contributed by atoms with Crippen LogP contribution in [0.15, 0.2) is 82.1 Å². The Hall–Kier alpha value is -3.16. The first-order chi connectivity index (χ1) is 32.1. The fourth-order valence-corrected chi connectivity index (χ4v) is 12.5. The maximum absolute atomic E-state index is 17.7. The summed E-state index contributed by atoms with van der Waals surface area (Å²) in [6, 6.07) is 15.2. The van der Waals surface area contributed by atoms with Crippen LogP contribution in [0, 0.1) is 22.7 Å². The summed E-state index contributed by atoms with van der Waals surface area (Å²) in [6.07, 6.45) is 1.99. The minimum atomic E-state index is -2.33. The monoisotopic (exact) mass is 970 g/mol. The first-order valence-corrected chi connectivity index (χ1v) is 25.4. The molecule has 1 unspecified atom stereocenters. The van der Waals surface area contributed by atoms with Gasteiger partial charge in [-0.05, 0) is 99.3 Å². The van der Waals surface area contributed by atoms with Gasteiger partial charge in [-0.2, -0.15) is 11.8 Å². The number of Topliss-reactive ketones (excluding diaryl/α,β-unsaturated/α-hetero) is 3. The average molecular weight is 971 g/mol. The number of carbonyl (C=O) groups excluding carboxylic acids is 4. The van der Waals surface area contributed by atoms with E-state index < -0.39 is 76.8 Å². The number of aliphatic hydroxyl groups is 2. The van der Waals surface area contributed by atoms with Crippen molar-refractivity contribution < 1.29 is 66.6 Å². The highest BCUT2D eigenvalue weighted by atomic mass is 32.2. The summed E-state index contributed by atoms with van der Waals surface area (Å²) >= 11 is 3.07. The minimum absolute atomic E-state index is 0.0193. The van der Waals surface area contributed by atoms with Crippen molar-refractivity contribution in [2.24, 2.45) is 22.7 Å². The maximum Gasteiger partial charge on any atom is 0.193 e. The second kappa shape index (κ2) is 22.3. The van der Waals surface area contributed by atoms with E-state index in [-0.39, 0.29) is 54.5 Å². The van der Waals surface area contributed by atoms with Crippen LogP contribution in [-0.4, -0.2) is 134 Å². The zero-order valence-corrected chi connectivity index (χ0v) is 40.4. The van der Waals surface area contributed by atoms with Crippen LogP contribution in [0.1, 0.15) is 76.7 Å². The van der Waals surface area contributed by atoms with E-state index in [1.807, 2.05) is 61.7 Å². The van der Waals surface area contributed by atoms with Crippen molar-refractivity contribution in [3.8, 4) is 0 Å². The van der Waals surface area contributed by atoms with E-state index in [1.54, 1.807) is 18.7 Å². The quantitative estimate of drug-likeness (QED) is 0.0965. The number of fused-ring (bicyclic) bond motifs is 7. The predicted molar refractivity (Wildman–Crippen MR) is 248 cm³/mol. The lowest BCUT2D eigenvalue weighted by molar-refractivity contribution is -0.235. The zero-order chi connectivity index (χ0) is 48.0. The van der Waals surface area contributed by atoms with Crippen LogP contribution in [0.4, 0.5) is 8.78 Å². The molecule has 12 nitrogen and oxygen atoms in total. The van der Waals surface area contributed by atoms with Crippen LogP contribution in [0.5, 0.6) is 0 Å². The molecule has 3 saturated carbocycles. The van der Waals surface area contributed by atoms with Gasteiger partial charge in [0.1, 0.15) is 24.3 Å². The average Bonchev–Trinajstić information content (AvgIpc) is 3.81. The molecular weight excluding hydrogens is 907 g/mol. The van der Waals surface area contributed by atoms with Gasteiger partial charge in [0.15, 0.2) is 29.1 Å². The number of halogens is 2. The van der Waals surface area contributed by atoms with E-state index in [4.69, 9.17) is 28.4 Å². The molecule has 16 heteroatoms. The summed E-state index contributed by atoms with van der Waals surface area (Å²) < 4.78 is 69.0. The highest BCUT2D eigenvalue weighted by molar-refractivity contribution is 8.00. The number of allylic oxidation sites excluding steroid dienone is 4. The molecule has 67 heavy (non-hydrogen) atoms. The molecular formula is C51H64F2O12S2. The Kier molecular flexibility index (Phi) is 17.2. The number of hydrogen-bond donors (Lipinski definition) is 2. The molecule has 11 atom stereocenters. The lowest BCUT2D eigenvalue weighted by atomic mass is 9.44. The number of hydrogen-bond acceptors (Lipinski definition) is 14. The molecule has 0 amide bonds. The van der Waals surface area contributed by atoms with Gasteiger partial charge in [0.2, 0.25) is 0 Å². The van der Waals surface area contributed by atoms with E-state index in [2.05, 4.69) is 0 Å². The molecule has 7 rings (SSSR count). The fraction of sp³-hybridized carbons (Fsp3) is 0.608. The Balaban J connectivity index is 0.845. The van der Waals surface area contributed by atoms with Gasteiger partial charge in [-0.25, -0.2) is 8.78 Å². The minimum Gasteiger partial charge on any atom is -0.390 e. The molecule has 0 bridgehead atoms. The van der Waals surface area contributed by atoms with E-state index >= 15 is 8.78 Å². The van der Waals surface area contributed by atoms with Gasteiger partial charge in [-0.3, -0.25) is 19.2 Å². The fourth-order valence-electron chi connectivity index (χ4n) is 11.2. The van der Waals surface area contributed by atoms with Gasteiger partial charge in [-0.1, -0.05) is 49.0 Å². The third-order valence-electron chi connectivity index (χ3n) is 14.8. The third kappa shape index (κ3) is 10.5. The number of benzene rings is 2. The second-order valence-corrected chi connectivity index (χ2v) is 21.0. The molecule has 1 saturated heterocycles. The van der Waals surface area contributed by atoms with Crippen molar-refractivity contribution in [2.45, 2.75) is 117 Å². The Bertz CT molecular complexity index is 2150. The molecule has 2 aromatic carbocycles. The Morgan fingerprint density at radius 3 is 2.24 bits per heavy atom. The summed E-state index contributed by atoms with van der Waals surface area (Å²) in [5, 5.41) is 22.1. The number of ketones is 4. The number of rotatable bonds is 25. The normalized spacial score (nSPS) is 32.2. The number of thioether (sulfide) groups is 1. The first-order valence-electron chi connectivity index (χ1n) is 23.3. The zero-order valence-electron chi connectivity index (χ0n) is 38.8. The van der Waals surface area contributed by atoms with Gasteiger partial charge >= 0.3 is 0 Å². The first kappa shape index (κ1) is 51.7. The van der Waals surface area contributed by atoms with Crippen molar-refractivity contribution in [2.75, 3.05) is 65.7 Å². The number of carbonyl (C=O) groups is 4. The van der Waals surface area contributed by atoms with Gasteiger partial charge in [0, 0.05) is 58.0 Å². The van der Waals surface area contributed by atoms with Crippen LogP contribution in [0.2, 0.25) is 0 Å². The summed E-state index contributed by atoms with van der Waals surface area (Å²) in [5.41, 5.74) is -5.31. The van der Waals surface area contributed by atoms with E-state index in [0.29, 0.717) is 71.3 Å². The molecule has 5 aliphatic rings. The van der Waals surface area contributed by atoms with Crippen LogP contribution >= 0.6 is 23.5 Å². The van der Waals surface area contributed by atoms with Crippen LogP contribution < -0.4 is 0 Å². The van der Waals surface area contributed by atoms with E-state index in [0.717, 1.165) is 21.4 Å². The molecule has 1 aliphatic heterocycles. The lowest BCUT2D eigenvalue weighted by Crippen LogP contribution is -2.70. The standard InChI is InChI=1S/C51H64F2O12S2/c1-32(66-4)43(57)9-6-17-60-19-21-62-23-24-63-22-20-61-18-15-36(56)25-33-7-5-8-38(26-33)67-37-12-10-34(11-13-37)47-64-46-29-39-40-28-42(52)41-27-35(55)14-16-48(41,2)50(40,53)44(58)30-49(39,3)51(46,65-47)45(59)31-54/h5,7-8,10-14,16,26-27,32,39-40,42,44,46-47,54,58H,6,9,15,17-25,28-31H2,1-4H3/t32?,39-,40-,42-,44-,46+,47+,48-,49-,50-,51+/m0/s1. The molecule has 366 valence electrons.